The van der Waals surface area contributed by atoms with Crippen LogP contribution in [0.5, 0.6) is 0 Å². The Morgan fingerprint density at radius 2 is 1.95 bits per heavy atom. The SMILES string of the molecule is COC1(c2nc(C(C)(C)C)c(I)c(=O)[nH]2)CCOCC1. The van der Waals surface area contributed by atoms with Crippen LogP contribution in [-0.2, 0) is 20.5 Å². The highest BCUT2D eigenvalue weighted by Crippen LogP contribution is 2.34. The predicted molar refractivity (Wildman–Crippen MR) is 85.0 cm³/mol. The van der Waals surface area contributed by atoms with Crippen LogP contribution < -0.4 is 5.56 Å². The van der Waals surface area contributed by atoms with Gasteiger partial charge >= 0.3 is 0 Å². The molecule has 5 nitrogen and oxygen atoms in total. The van der Waals surface area contributed by atoms with Crippen LogP contribution in [0.25, 0.3) is 0 Å². The maximum absolute atomic E-state index is 12.2. The van der Waals surface area contributed by atoms with Crippen LogP contribution in [-0.4, -0.2) is 30.3 Å². The molecule has 1 N–H and O–H groups in total. The van der Waals surface area contributed by atoms with Gasteiger partial charge in [0.2, 0.25) is 0 Å². The molecule has 1 aromatic rings. The van der Waals surface area contributed by atoms with Crippen molar-refractivity contribution in [3.8, 4) is 0 Å². The van der Waals surface area contributed by atoms with Crippen molar-refractivity contribution in [2.24, 2.45) is 0 Å². The summed E-state index contributed by atoms with van der Waals surface area (Å²) < 4.78 is 11.8. The Labute approximate surface area is 132 Å². The first-order valence-corrected chi connectivity index (χ1v) is 7.82. The monoisotopic (exact) mass is 392 g/mol. The number of nitrogens with zero attached hydrogens (tertiary/aromatic N) is 1. The minimum absolute atomic E-state index is 0.0940. The van der Waals surface area contributed by atoms with Gasteiger partial charge in [-0.25, -0.2) is 4.98 Å². The second kappa shape index (κ2) is 5.73. The van der Waals surface area contributed by atoms with Crippen LogP contribution in [0, 0.1) is 3.57 Å². The van der Waals surface area contributed by atoms with Crippen LogP contribution >= 0.6 is 22.6 Å². The summed E-state index contributed by atoms with van der Waals surface area (Å²) in [7, 11) is 1.67. The van der Waals surface area contributed by atoms with E-state index in [1.165, 1.54) is 0 Å². The van der Waals surface area contributed by atoms with Gasteiger partial charge in [-0.15, -0.1) is 0 Å². The molecule has 2 rings (SSSR count). The van der Waals surface area contributed by atoms with Crippen molar-refractivity contribution < 1.29 is 9.47 Å². The second-order valence-corrected chi connectivity index (χ2v) is 7.22. The summed E-state index contributed by atoms with van der Waals surface area (Å²) in [5, 5.41) is 0. The van der Waals surface area contributed by atoms with Crippen LogP contribution in [0.2, 0.25) is 0 Å². The van der Waals surface area contributed by atoms with E-state index in [2.05, 4.69) is 48.3 Å². The molecule has 0 atom stereocenters. The number of ether oxygens (including phenoxy) is 2. The minimum Gasteiger partial charge on any atom is -0.381 e. The van der Waals surface area contributed by atoms with Crippen LogP contribution in [0.4, 0.5) is 0 Å². The zero-order valence-corrected chi connectivity index (χ0v) is 14.5. The number of rotatable bonds is 2. The molecule has 0 aliphatic carbocycles. The van der Waals surface area contributed by atoms with Gasteiger partial charge in [0.15, 0.2) is 0 Å². The van der Waals surface area contributed by atoms with Gasteiger partial charge in [0.25, 0.3) is 5.56 Å². The molecule has 0 bridgehead atoms. The molecule has 112 valence electrons. The Balaban J connectivity index is 2.57. The Kier molecular flexibility index (Phi) is 4.56. The topological polar surface area (TPSA) is 64.2 Å². The van der Waals surface area contributed by atoms with Crippen LogP contribution in [0.3, 0.4) is 0 Å². The predicted octanol–water partition coefficient (Wildman–Crippen LogP) is 2.32. The van der Waals surface area contributed by atoms with Crippen molar-refractivity contribution in [2.75, 3.05) is 20.3 Å². The van der Waals surface area contributed by atoms with Gasteiger partial charge in [0, 0.05) is 38.6 Å². The maximum Gasteiger partial charge on any atom is 0.264 e. The molecule has 0 unspecified atom stereocenters. The Morgan fingerprint density at radius 1 is 1.35 bits per heavy atom. The molecule has 0 saturated carbocycles. The molecule has 0 spiro atoms. The second-order valence-electron chi connectivity index (χ2n) is 6.14. The Morgan fingerprint density at radius 3 is 2.45 bits per heavy atom. The molecule has 0 radical (unpaired) electrons. The molecule has 1 aromatic heterocycles. The molecule has 20 heavy (non-hydrogen) atoms. The van der Waals surface area contributed by atoms with Gasteiger partial charge in [0.1, 0.15) is 15.0 Å². The van der Waals surface area contributed by atoms with Crippen molar-refractivity contribution in [1.29, 1.82) is 0 Å². The Bertz CT molecular complexity index is 542. The molecule has 2 heterocycles. The summed E-state index contributed by atoms with van der Waals surface area (Å²) in [5.74, 6) is 0.624. The van der Waals surface area contributed by atoms with E-state index in [1.807, 2.05) is 0 Å². The van der Waals surface area contributed by atoms with E-state index in [4.69, 9.17) is 14.5 Å². The molecule has 0 amide bonds. The van der Waals surface area contributed by atoms with Gasteiger partial charge < -0.3 is 14.5 Å². The van der Waals surface area contributed by atoms with Gasteiger partial charge in [-0.05, 0) is 22.6 Å². The zero-order chi connectivity index (χ0) is 15.0. The van der Waals surface area contributed by atoms with Crippen molar-refractivity contribution in [3.63, 3.8) is 0 Å². The van der Waals surface area contributed by atoms with Gasteiger partial charge in [-0.1, -0.05) is 20.8 Å². The summed E-state index contributed by atoms with van der Waals surface area (Å²) in [6.45, 7) is 7.42. The average molecular weight is 392 g/mol. The summed E-state index contributed by atoms with van der Waals surface area (Å²) >= 11 is 2.06. The number of halogens is 1. The fourth-order valence-electron chi connectivity index (χ4n) is 2.41. The molecular formula is C14H21IN2O3. The minimum atomic E-state index is -0.540. The molecule has 0 aromatic carbocycles. The smallest absolute Gasteiger partial charge is 0.264 e. The fraction of sp³-hybridized carbons (Fsp3) is 0.714. The number of H-pyrrole nitrogens is 1. The van der Waals surface area contributed by atoms with E-state index >= 15 is 0 Å². The van der Waals surface area contributed by atoms with Crippen LogP contribution in [0.15, 0.2) is 4.79 Å². The highest BCUT2D eigenvalue weighted by atomic mass is 127. The lowest BCUT2D eigenvalue weighted by molar-refractivity contribution is -0.100. The molecule has 1 aliphatic heterocycles. The van der Waals surface area contributed by atoms with E-state index in [1.54, 1.807) is 7.11 Å². The van der Waals surface area contributed by atoms with E-state index in [0.717, 1.165) is 5.69 Å². The lowest BCUT2D eigenvalue weighted by Crippen LogP contribution is -2.40. The van der Waals surface area contributed by atoms with E-state index in [0.29, 0.717) is 35.4 Å². The highest BCUT2D eigenvalue weighted by Gasteiger charge is 2.38. The van der Waals surface area contributed by atoms with Crippen molar-refractivity contribution in [1.82, 2.24) is 9.97 Å². The zero-order valence-electron chi connectivity index (χ0n) is 12.4. The summed E-state index contributed by atoms with van der Waals surface area (Å²) in [6.07, 6.45) is 1.41. The van der Waals surface area contributed by atoms with Crippen molar-refractivity contribution >= 4 is 22.6 Å². The van der Waals surface area contributed by atoms with Crippen molar-refractivity contribution in [3.05, 3.63) is 25.4 Å². The quantitative estimate of drug-likeness (QED) is 0.785. The first-order valence-electron chi connectivity index (χ1n) is 6.74. The summed E-state index contributed by atoms with van der Waals surface area (Å²) in [6, 6.07) is 0. The van der Waals surface area contributed by atoms with Crippen LogP contribution in [0.1, 0.15) is 45.1 Å². The van der Waals surface area contributed by atoms with E-state index < -0.39 is 5.60 Å². The third-order valence-corrected chi connectivity index (χ3v) is 4.70. The average Bonchev–Trinajstić information content (AvgIpc) is 2.41. The molecule has 1 saturated heterocycles. The van der Waals surface area contributed by atoms with Gasteiger partial charge in [-0.2, -0.15) is 0 Å². The molecule has 6 heteroatoms. The van der Waals surface area contributed by atoms with E-state index in [9.17, 15) is 4.79 Å². The number of aromatic nitrogens is 2. The van der Waals surface area contributed by atoms with Gasteiger partial charge in [0.05, 0.1) is 5.69 Å². The lowest BCUT2D eigenvalue weighted by Gasteiger charge is -2.35. The van der Waals surface area contributed by atoms with Gasteiger partial charge in [-0.3, -0.25) is 4.79 Å². The molecule has 1 aliphatic rings. The largest absolute Gasteiger partial charge is 0.381 e. The molecular weight excluding hydrogens is 371 g/mol. The number of hydrogen-bond acceptors (Lipinski definition) is 4. The normalized spacial score (nSPS) is 19.1. The lowest BCUT2D eigenvalue weighted by atomic mass is 9.89. The third-order valence-electron chi connectivity index (χ3n) is 3.70. The maximum atomic E-state index is 12.2. The number of hydrogen-bond donors (Lipinski definition) is 1. The van der Waals surface area contributed by atoms with Crippen molar-refractivity contribution in [2.45, 2.75) is 44.6 Å². The van der Waals surface area contributed by atoms with E-state index in [-0.39, 0.29) is 11.0 Å². The summed E-state index contributed by atoms with van der Waals surface area (Å²) in [4.78, 5) is 19.8. The number of methoxy groups -OCH3 is 1. The number of nitrogens with one attached hydrogen (secondary N) is 1. The third kappa shape index (κ3) is 2.92. The number of aromatic amines is 1. The summed E-state index contributed by atoms with van der Waals surface area (Å²) in [5.41, 5.74) is 0.00434. The Hall–Kier alpha value is -0.470. The standard InChI is InChI=1S/C14H21IN2O3/c1-13(2,3)10-9(15)11(18)17-12(16-10)14(19-4)5-7-20-8-6-14/h5-8H2,1-4H3,(H,16,17,18). The first-order chi connectivity index (χ1) is 9.30. The molecule has 1 fully saturated rings. The fourth-order valence-corrected chi connectivity index (χ4v) is 3.47. The first kappa shape index (κ1) is 15.9. The highest BCUT2D eigenvalue weighted by molar-refractivity contribution is 14.1.